The fourth-order valence-corrected chi connectivity index (χ4v) is 1.52. The molecule has 1 nitrogen and oxygen atoms in total. The normalized spacial score (nSPS) is 14.7. The van der Waals surface area contributed by atoms with Crippen molar-refractivity contribution in [1.82, 2.24) is 0 Å². The van der Waals surface area contributed by atoms with Gasteiger partial charge in [-0.05, 0) is 12.8 Å². The van der Waals surface area contributed by atoms with Crippen molar-refractivity contribution < 1.29 is 4.79 Å². The van der Waals surface area contributed by atoms with Crippen LogP contribution in [0.2, 0.25) is 0 Å². The number of Topliss-reactive ketones (excluding diaryl/α,β-unsaturated/α-hetero) is 1. The lowest BCUT2D eigenvalue weighted by Gasteiger charge is -1.99. The van der Waals surface area contributed by atoms with Crippen molar-refractivity contribution >= 4 is 5.78 Å². The highest BCUT2D eigenvalue weighted by molar-refractivity contribution is 5.98. The minimum atomic E-state index is 0.324. The molecule has 0 spiro atoms. The van der Waals surface area contributed by atoms with Gasteiger partial charge in [-0.2, -0.15) is 0 Å². The maximum absolute atomic E-state index is 11.5. The summed E-state index contributed by atoms with van der Waals surface area (Å²) in [6, 6.07) is 0. The topological polar surface area (TPSA) is 17.1 Å². The van der Waals surface area contributed by atoms with Crippen LogP contribution in [0.5, 0.6) is 0 Å². The second-order valence-electron chi connectivity index (χ2n) is 3.53. The molecule has 0 saturated heterocycles. The molecule has 0 fully saturated rings. The van der Waals surface area contributed by atoms with Crippen molar-refractivity contribution in [3.05, 3.63) is 23.8 Å². The Bertz CT molecular complexity index is 223. The van der Waals surface area contributed by atoms with E-state index >= 15 is 0 Å². The summed E-state index contributed by atoms with van der Waals surface area (Å²) in [5, 5.41) is 0. The minimum absolute atomic E-state index is 0.324. The molecular formula is C12H18O. The molecule has 72 valence electrons. The van der Waals surface area contributed by atoms with E-state index in [-0.39, 0.29) is 0 Å². The third kappa shape index (κ3) is 3.58. The van der Waals surface area contributed by atoms with Crippen molar-refractivity contribution in [2.24, 2.45) is 0 Å². The average molecular weight is 178 g/mol. The second-order valence-corrected chi connectivity index (χ2v) is 3.53. The zero-order valence-corrected chi connectivity index (χ0v) is 8.38. The fraction of sp³-hybridized carbons (Fsp3) is 0.583. The van der Waals surface area contributed by atoms with Crippen LogP contribution in [-0.4, -0.2) is 5.78 Å². The first kappa shape index (κ1) is 10.2. The van der Waals surface area contributed by atoms with Gasteiger partial charge < -0.3 is 0 Å². The second kappa shape index (κ2) is 5.74. The van der Waals surface area contributed by atoms with E-state index in [4.69, 9.17) is 0 Å². The molecule has 1 rings (SSSR count). The van der Waals surface area contributed by atoms with Gasteiger partial charge >= 0.3 is 0 Å². The Morgan fingerprint density at radius 1 is 1.38 bits per heavy atom. The van der Waals surface area contributed by atoms with Crippen molar-refractivity contribution in [2.45, 2.75) is 45.4 Å². The molecule has 1 aliphatic rings. The monoisotopic (exact) mass is 178 g/mol. The highest BCUT2D eigenvalue weighted by Gasteiger charge is 2.07. The van der Waals surface area contributed by atoms with Gasteiger partial charge in [-0.15, -0.1) is 0 Å². The van der Waals surface area contributed by atoms with Crippen LogP contribution in [0.15, 0.2) is 23.8 Å². The number of carbonyl (C=O) groups excluding carboxylic acids is 1. The largest absolute Gasteiger partial charge is 0.294 e. The van der Waals surface area contributed by atoms with Gasteiger partial charge in [0.1, 0.15) is 0 Å². The van der Waals surface area contributed by atoms with Crippen LogP contribution in [0, 0.1) is 0 Å². The molecule has 0 radical (unpaired) electrons. The lowest BCUT2D eigenvalue weighted by Crippen LogP contribution is -1.98. The molecule has 0 aliphatic heterocycles. The number of unbranched alkanes of at least 4 members (excludes halogenated alkanes) is 3. The van der Waals surface area contributed by atoms with Crippen LogP contribution >= 0.6 is 0 Å². The predicted octanol–water partition coefficient (Wildman–Crippen LogP) is 3.41. The summed E-state index contributed by atoms with van der Waals surface area (Å²) in [6.45, 7) is 2.18. The molecule has 13 heavy (non-hydrogen) atoms. The summed E-state index contributed by atoms with van der Waals surface area (Å²) in [5.41, 5.74) is 0.927. The Hall–Kier alpha value is -0.850. The number of rotatable bonds is 6. The molecule has 0 bridgehead atoms. The number of ketones is 1. The average Bonchev–Trinajstić information content (AvgIpc) is 2.65. The van der Waals surface area contributed by atoms with Crippen LogP contribution < -0.4 is 0 Å². The summed E-state index contributed by atoms with van der Waals surface area (Å²) in [5.74, 6) is 0.324. The van der Waals surface area contributed by atoms with Gasteiger partial charge in [0, 0.05) is 12.0 Å². The molecule has 0 unspecified atom stereocenters. The molecule has 0 N–H and O–H groups in total. The number of hydrogen-bond donors (Lipinski definition) is 0. The van der Waals surface area contributed by atoms with Crippen molar-refractivity contribution in [1.29, 1.82) is 0 Å². The standard InChI is InChI=1S/C12H18O/c1-2-3-4-5-10-12(13)11-8-6-7-9-11/h6,8-9H,2-5,7,10H2,1H3. The van der Waals surface area contributed by atoms with Gasteiger partial charge in [0.05, 0.1) is 0 Å². The molecule has 0 aromatic rings. The third-order valence-electron chi connectivity index (χ3n) is 2.35. The Labute approximate surface area is 80.5 Å². The van der Waals surface area contributed by atoms with Crippen molar-refractivity contribution in [3.8, 4) is 0 Å². The van der Waals surface area contributed by atoms with Crippen LogP contribution in [0.25, 0.3) is 0 Å². The van der Waals surface area contributed by atoms with Gasteiger partial charge in [0.15, 0.2) is 5.78 Å². The van der Waals surface area contributed by atoms with Gasteiger partial charge in [0.25, 0.3) is 0 Å². The lowest BCUT2D eigenvalue weighted by atomic mass is 10.1. The van der Waals surface area contributed by atoms with E-state index in [1.165, 1.54) is 19.3 Å². The molecule has 0 aromatic carbocycles. The first-order chi connectivity index (χ1) is 6.34. The van der Waals surface area contributed by atoms with Crippen LogP contribution in [0.1, 0.15) is 45.4 Å². The van der Waals surface area contributed by atoms with E-state index in [1.54, 1.807) is 0 Å². The van der Waals surface area contributed by atoms with E-state index in [1.807, 2.05) is 18.2 Å². The highest BCUT2D eigenvalue weighted by Crippen LogP contribution is 2.13. The molecule has 0 amide bonds. The maximum Gasteiger partial charge on any atom is 0.162 e. The van der Waals surface area contributed by atoms with E-state index < -0.39 is 0 Å². The molecule has 0 heterocycles. The summed E-state index contributed by atoms with van der Waals surface area (Å²) in [7, 11) is 0. The molecule has 1 aliphatic carbocycles. The van der Waals surface area contributed by atoms with Gasteiger partial charge in [-0.3, -0.25) is 4.79 Å². The number of allylic oxidation sites excluding steroid dienone is 4. The van der Waals surface area contributed by atoms with Crippen molar-refractivity contribution in [2.75, 3.05) is 0 Å². The third-order valence-corrected chi connectivity index (χ3v) is 2.35. The Morgan fingerprint density at radius 3 is 2.85 bits per heavy atom. The van der Waals surface area contributed by atoms with Crippen molar-refractivity contribution in [3.63, 3.8) is 0 Å². The SMILES string of the molecule is CCCCCCC(=O)C1=CCC=C1. The summed E-state index contributed by atoms with van der Waals surface area (Å²) >= 11 is 0. The van der Waals surface area contributed by atoms with Gasteiger partial charge in [-0.25, -0.2) is 0 Å². The first-order valence-electron chi connectivity index (χ1n) is 5.24. The quantitative estimate of drug-likeness (QED) is 0.570. The van der Waals surface area contributed by atoms with E-state index in [0.29, 0.717) is 5.78 Å². The molecule has 0 saturated carbocycles. The summed E-state index contributed by atoms with van der Waals surface area (Å²) in [4.78, 5) is 11.5. The molecule has 0 aromatic heterocycles. The fourth-order valence-electron chi connectivity index (χ4n) is 1.52. The minimum Gasteiger partial charge on any atom is -0.294 e. The summed E-state index contributed by atoms with van der Waals surface area (Å²) in [6.07, 6.45) is 12.4. The molecule has 1 heteroatoms. The smallest absolute Gasteiger partial charge is 0.162 e. The highest BCUT2D eigenvalue weighted by atomic mass is 16.1. The Balaban J connectivity index is 2.14. The Kier molecular flexibility index (Phi) is 4.52. The van der Waals surface area contributed by atoms with Crippen LogP contribution in [-0.2, 0) is 4.79 Å². The summed E-state index contributed by atoms with van der Waals surface area (Å²) < 4.78 is 0. The van der Waals surface area contributed by atoms with E-state index in [2.05, 4.69) is 6.92 Å². The predicted molar refractivity (Wildman–Crippen MR) is 55.6 cm³/mol. The van der Waals surface area contributed by atoms with Gasteiger partial charge in [0.2, 0.25) is 0 Å². The van der Waals surface area contributed by atoms with Gasteiger partial charge in [-0.1, -0.05) is 44.4 Å². The zero-order valence-electron chi connectivity index (χ0n) is 8.38. The maximum atomic E-state index is 11.5. The van der Waals surface area contributed by atoms with Crippen LogP contribution in [0.4, 0.5) is 0 Å². The lowest BCUT2D eigenvalue weighted by molar-refractivity contribution is -0.115. The van der Waals surface area contributed by atoms with E-state index in [9.17, 15) is 4.79 Å². The van der Waals surface area contributed by atoms with E-state index in [0.717, 1.165) is 24.8 Å². The number of carbonyl (C=O) groups is 1. The Morgan fingerprint density at radius 2 is 2.23 bits per heavy atom. The first-order valence-corrected chi connectivity index (χ1v) is 5.24. The molecule has 0 atom stereocenters. The number of hydrogen-bond acceptors (Lipinski definition) is 1. The zero-order chi connectivity index (χ0) is 9.52. The molecular weight excluding hydrogens is 160 g/mol. The van der Waals surface area contributed by atoms with Crippen LogP contribution in [0.3, 0.4) is 0 Å².